The normalized spacial score (nSPS) is 26.3. The van der Waals surface area contributed by atoms with E-state index in [-0.39, 0.29) is 6.04 Å². The number of piperidine rings is 1. The first kappa shape index (κ1) is 14.5. The van der Waals surface area contributed by atoms with Gasteiger partial charge in [-0.05, 0) is 36.9 Å². The molecule has 1 aliphatic heterocycles. The van der Waals surface area contributed by atoms with Gasteiger partial charge in [0, 0.05) is 26.2 Å². The van der Waals surface area contributed by atoms with Crippen molar-refractivity contribution in [3.8, 4) is 0 Å². The molecule has 1 fully saturated rings. The van der Waals surface area contributed by atoms with Crippen LogP contribution < -0.4 is 5.73 Å². The van der Waals surface area contributed by atoms with Crippen LogP contribution in [0.3, 0.4) is 0 Å². The molecule has 3 nitrogen and oxygen atoms in total. The highest BCUT2D eigenvalue weighted by Gasteiger charge is 2.27. The zero-order valence-corrected chi connectivity index (χ0v) is 12.3. The fraction of sp³-hybridized carbons (Fsp3) is 0.625. The molecule has 0 aliphatic carbocycles. The Morgan fingerprint density at radius 2 is 2.16 bits per heavy atom. The van der Waals surface area contributed by atoms with Crippen LogP contribution in [0.15, 0.2) is 24.3 Å². The van der Waals surface area contributed by atoms with Crippen molar-refractivity contribution < 1.29 is 4.74 Å². The van der Waals surface area contributed by atoms with Crippen LogP contribution in [-0.4, -0.2) is 37.7 Å². The topological polar surface area (TPSA) is 38.5 Å². The van der Waals surface area contributed by atoms with E-state index in [4.69, 9.17) is 10.5 Å². The van der Waals surface area contributed by atoms with Crippen LogP contribution in [0.4, 0.5) is 0 Å². The Hall–Kier alpha value is -0.900. The molecule has 1 aromatic carbocycles. The predicted molar refractivity (Wildman–Crippen MR) is 79.1 cm³/mol. The summed E-state index contributed by atoms with van der Waals surface area (Å²) in [4.78, 5) is 2.44. The van der Waals surface area contributed by atoms with Gasteiger partial charge in [-0.2, -0.15) is 0 Å². The Labute approximate surface area is 116 Å². The summed E-state index contributed by atoms with van der Waals surface area (Å²) in [6.07, 6.45) is 1.54. The molecule has 0 aromatic heterocycles. The van der Waals surface area contributed by atoms with Crippen molar-refractivity contribution in [3.63, 3.8) is 0 Å². The quantitative estimate of drug-likeness (QED) is 0.905. The second-order valence-corrected chi connectivity index (χ2v) is 5.76. The molecule has 1 saturated heterocycles. The average molecular weight is 262 g/mol. The van der Waals surface area contributed by atoms with Gasteiger partial charge < -0.3 is 10.5 Å². The third kappa shape index (κ3) is 3.56. The second-order valence-electron chi connectivity index (χ2n) is 5.76. The standard InChI is InChI=1S/C16H26N2O/c1-12-6-4-5-7-14(12)15(17)10-18-9-8-13(2)16(11-18)19-3/h4-7,13,15-16H,8-11,17H2,1-3H3. The van der Waals surface area contributed by atoms with E-state index in [9.17, 15) is 0 Å². The fourth-order valence-corrected chi connectivity index (χ4v) is 2.95. The Balaban J connectivity index is 1.96. The number of hydrogen-bond acceptors (Lipinski definition) is 3. The molecule has 2 N–H and O–H groups in total. The molecule has 2 rings (SSSR count). The molecule has 1 aromatic rings. The van der Waals surface area contributed by atoms with Crippen LogP contribution in [0.5, 0.6) is 0 Å². The zero-order valence-electron chi connectivity index (χ0n) is 12.3. The summed E-state index contributed by atoms with van der Waals surface area (Å²) in [5, 5.41) is 0. The minimum atomic E-state index is 0.0899. The van der Waals surface area contributed by atoms with Crippen LogP contribution in [0.1, 0.15) is 30.5 Å². The summed E-state index contributed by atoms with van der Waals surface area (Å²) in [6, 6.07) is 8.49. The molecule has 19 heavy (non-hydrogen) atoms. The average Bonchev–Trinajstić information content (AvgIpc) is 2.41. The number of nitrogens with two attached hydrogens (primary N) is 1. The lowest BCUT2D eigenvalue weighted by atomic mass is 9.94. The number of aryl methyl sites for hydroxylation is 1. The van der Waals surface area contributed by atoms with Gasteiger partial charge in [0.15, 0.2) is 0 Å². The molecule has 0 bridgehead atoms. The molecule has 0 amide bonds. The van der Waals surface area contributed by atoms with Gasteiger partial charge in [-0.3, -0.25) is 4.90 Å². The largest absolute Gasteiger partial charge is 0.380 e. The van der Waals surface area contributed by atoms with E-state index in [0.717, 1.165) is 19.6 Å². The molecule has 0 saturated carbocycles. The lowest BCUT2D eigenvalue weighted by Gasteiger charge is -2.37. The zero-order chi connectivity index (χ0) is 13.8. The monoisotopic (exact) mass is 262 g/mol. The number of benzene rings is 1. The van der Waals surface area contributed by atoms with E-state index in [2.05, 4.69) is 43.0 Å². The van der Waals surface area contributed by atoms with Crippen LogP contribution in [0, 0.1) is 12.8 Å². The van der Waals surface area contributed by atoms with Gasteiger partial charge in [-0.1, -0.05) is 31.2 Å². The molecule has 3 unspecified atom stereocenters. The van der Waals surface area contributed by atoms with Gasteiger partial charge in [-0.15, -0.1) is 0 Å². The van der Waals surface area contributed by atoms with Crippen molar-refractivity contribution in [1.82, 2.24) is 4.90 Å². The molecule has 3 heteroatoms. The lowest BCUT2D eigenvalue weighted by Crippen LogP contribution is -2.46. The Morgan fingerprint density at radius 3 is 2.84 bits per heavy atom. The number of methoxy groups -OCH3 is 1. The SMILES string of the molecule is COC1CN(CC(N)c2ccccc2C)CCC1C. The summed E-state index contributed by atoms with van der Waals surface area (Å²) in [5.41, 5.74) is 8.91. The summed E-state index contributed by atoms with van der Waals surface area (Å²) in [6.45, 7) is 7.44. The Bertz CT molecular complexity index is 407. The molecule has 1 heterocycles. The van der Waals surface area contributed by atoms with Crippen molar-refractivity contribution in [2.45, 2.75) is 32.4 Å². The summed E-state index contributed by atoms with van der Waals surface area (Å²) in [5.74, 6) is 0.649. The van der Waals surface area contributed by atoms with E-state index in [0.29, 0.717) is 12.0 Å². The lowest BCUT2D eigenvalue weighted by molar-refractivity contribution is -0.00645. The van der Waals surface area contributed by atoms with Gasteiger partial charge in [0.2, 0.25) is 0 Å². The van der Waals surface area contributed by atoms with Crippen LogP contribution in [-0.2, 0) is 4.74 Å². The number of ether oxygens (including phenoxy) is 1. The first-order valence-electron chi connectivity index (χ1n) is 7.18. The van der Waals surface area contributed by atoms with Gasteiger partial charge in [0.25, 0.3) is 0 Å². The molecule has 0 spiro atoms. The maximum Gasteiger partial charge on any atom is 0.0724 e. The summed E-state index contributed by atoms with van der Waals surface area (Å²) >= 11 is 0. The first-order chi connectivity index (χ1) is 9.11. The van der Waals surface area contributed by atoms with Gasteiger partial charge >= 0.3 is 0 Å². The second kappa shape index (κ2) is 6.51. The molecule has 1 aliphatic rings. The molecule has 106 valence electrons. The third-order valence-electron chi connectivity index (χ3n) is 4.32. The smallest absolute Gasteiger partial charge is 0.0724 e. The molecule has 0 radical (unpaired) electrons. The minimum Gasteiger partial charge on any atom is -0.380 e. The van der Waals surface area contributed by atoms with Crippen LogP contribution >= 0.6 is 0 Å². The maximum atomic E-state index is 6.37. The summed E-state index contributed by atoms with van der Waals surface area (Å²) in [7, 11) is 1.81. The van der Waals surface area contributed by atoms with Gasteiger partial charge in [0.1, 0.15) is 0 Å². The van der Waals surface area contributed by atoms with Crippen molar-refractivity contribution in [1.29, 1.82) is 0 Å². The Morgan fingerprint density at radius 1 is 1.42 bits per heavy atom. The highest BCUT2D eigenvalue weighted by Crippen LogP contribution is 2.22. The molecular weight excluding hydrogens is 236 g/mol. The molecular formula is C16H26N2O. The van der Waals surface area contributed by atoms with E-state index < -0.39 is 0 Å². The Kier molecular flexibility index (Phi) is 4.97. The number of rotatable bonds is 4. The van der Waals surface area contributed by atoms with Crippen molar-refractivity contribution in [3.05, 3.63) is 35.4 Å². The minimum absolute atomic E-state index is 0.0899. The van der Waals surface area contributed by atoms with Gasteiger partial charge in [0.05, 0.1) is 6.10 Å². The number of hydrogen-bond donors (Lipinski definition) is 1. The van der Waals surface area contributed by atoms with Gasteiger partial charge in [-0.25, -0.2) is 0 Å². The predicted octanol–water partition coefficient (Wildman–Crippen LogP) is 2.35. The van der Waals surface area contributed by atoms with E-state index in [1.165, 1.54) is 17.5 Å². The fourth-order valence-electron chi connectivity index (χ4n) is 2.95. The number of likely N-dealkylation sites (tertiary alicyclic amines) is 1. The van der Waals surface area contributed by atoms with E-state index >= 15 is 0 Å². The van der Waals surface area contributed by atoms with Crippen molar-refractivity contribution in [2.75, 3.05) is 26.7 Å². The highest BCUT2D eigenvalue weighted by atomic mass is 16.5. The maximum absolute atomic E-state index is 6.37. The van der Waals surface area contributed by atoms with Crippen LogP contribution in [0.2, 0.25) is 0 Å². The summed E-state index contributed by atoms with van der Waals surface area (Å²) < 4.78 is 5.56. The highest BCUT2D eigenvalue weighted by molar-refractivity contribution is 5.28. The van der Waals surface area contributed by atoms with Crippen molar-refractivity contribution in [2.24, 2.45) is 11.7 Å². The van der Waals surface area contributed by atoms with E-state index in [1.807, 2.05) is 7.11 Å². The number of nitrogens with zero attached hydrogens (tertiary/aromatic N) is 1. The van der Waals surface area contributed by atoms with Crippen molar-refractivity contribution >= 4 is 0 Å². The first-order valence-corrected chi connectivity index (χ1v) is 7.18. The third-order valence-corrected chi connectivity index (χ3v) is 4.32. The van der Waals surface area contributed by atoms with Crippen LogP contribution in [0.25, 0.3) is 0 Å². The molecule has 3 atom stereocenters. The van der Waals surface area contributed by atoms with E-state index in [1.54, 1.807) is 0 Å².